The van der Waals surface area contributed by atoms with Gasteiger partial charge in [0.2, 0.25) is 0 Å². The molecule has 0 aromatic heterocycles. The molecule has 3 rings (SSSR count). The van der Waals surface area contributed by atoms with E-state index in [1.54, 1.807) is 54.6 Å². The molecule has 0 aliphatic carbocycles. The third-order valence-corrected chi connectivity index (χ3v) is 6.06. The number of phosphoric acid groups is 1. The van der Waals surface area contributed by atoms with Crippen LogP contribution in [0.15, 0.2) is 78.9 Å². The Labute approximate surface area is 177 Å². The maximum absolute atomic E-state index is 12.3. The van der Waals surface area contributed by atoms with Gasteiger partial charge in [0, 0.05) is 0 Å². The summed E-state index contributed by atoms with van der Waals surface area (Å²) in [6.07, 6.45) is 1.90. The summed E-state index contributed by atoms with van der Waals surface area (Å²) in [7, 11) is -4.28. The van der Waals surface area contributed by atoms with E-state index in [2.05, 4.69) is 13.8 Å². The van der Waals surface area contributed by atoms with Gasteiger partial charge in [-0.25, -0.2) is 4.57 Å². The van der Waals surface area contributed by atoms with E-state index in [-0.39, 0.29) is 23.2 Å². The lowest BCUT2D eigenvalue weighted by molar-refractivity contribution is 0.291. The van der Waals surface area contributed by atoms with Crippen LogP contribution in [-0.2, 0) is 4.57 Å². The fourth-order valence-corrected chi connectivity index (χ4v) is 4.58. The molecule has 0 fully saturated rings. The second kappa shape index (κ2) is 9.84. The quantitative estimate of drug-likeness (QED) is 0.375. The Morgan fingerprint density at radius 3 is 1.63 bits per heavy atom. The van der Waals surface area contributed by atoms with E-state index in [4.69, 9.17) is 9.05 Å². The minimum absolute atomic E-state index is 0.259. The van der Waals surface area contributed by atoms with Crippen molar-refractivity contribution in [2.45, 2.75) is 38.5 Å². The van der Waals surface area contributed by atoms with Crippen LogP contribution in [0, 0.1) is 0 Å². The number of rotatable bonds is 9. The zero-order valence-corrected chi connectivity index (χ0v) is 18.0. The molecule has 0 amide bonds. The van der Waals surface area contributed by atoms with E-state index in [1.165, 1.54) is 5.56 Å². The molecule has 6 heteroatoms. The highest BCUT2D eigenvalue weighted by Gasteiger charge is 2.26. The van der Waals surface area contributed by atoms with Gasteiger partial charge >= 0.3 is 7.82 Å². The summed E-state index contributed by atoms with van der Waals surface area (Å²) in [4.78, 5) is 10.0. The molecule has 3 atom stereocenters. The van der Waals surface area contributed by atoms with Crippen LogP contribution < -0.4 is 9.05 Å². The summed E-state index contributed by atoms with van der Waals surface area (Å²) in [5.41, 5.74) is 2.31. The largest absolute Gasteiger partial charge is 0.584 e. The van der Waals surface area contributed by atoms with Crippen LogP contribution in [0.1, 0.15) is 49.7 Å². The van der Waals surface area contributed by atoms with Crippen molar-refractivity contribution >= 4 is 7.82 Å². The molecule has 158 valence electrons. The normalized spacial score (nSPS) is 15.0. The number of hydrogen-bond acceptors (Lipinski definition) is 4. The number of phenols is 1. The number of hydrogen-bond donors (Lipinski definition) is 2. The maximum atomic E-state index is 12.3. The molecule has 0 heterocycles. The number of phenolic OH excluding ortho intramolecular Hbond substituents is 1. The molecular formula is C24H27O5P. The molecule has 0 spiro atoms. The Hall–Kier alpha value is -2.75. The first kappa shape index (κ1) is 21.9. The van der Waals surface area contributed by atoms with Gasteiger partial charge in [-0.05, 0) is 72.2 Å². The van der Waals surface area contributed by atoms with Crippen molar-refractivity contribution in [3.05, 3.63) is 90.0 Å². The Balaban J connectivity index is 1.74. The van der Waals surface area contributed by atoms with Crippen molar-refractivity contribution < 1.29 is 23.6 Å². The number of phosphoric ester groups is 1. The molecular weight excluding hydrogens is 399 g/mol. The van der Waals surface area contributed by atoms with Crippen molar-refractivity contribution in [3.63, 3.8) is 0 Å². The summed E-state index contributed by atoms with van der Waals surface area (Å²) in [5, 5.41) is 9.57. The van der Waals surface area contributed by atoms with Crippen molar-refractivity contribution in [3.8, 4) is 17.2 Å². The third kappa shape index (κ3) is 5.65. The number of para-hydroxylation sites is 1. The Morgan fingerprint density at radius 1 is 0.733 bits per heavy atom. The van der Waals surface area contributed by atoms with Gasteiger partial charge in [0.1, 0.15) is 17.2 Å². The Kier molecular flexibility index (Phi) is 7.20. The van der Waals surface area contributed by atoms with Crippen LogP contribution in [0.3, 0.4) is 0 Å². The van der Waals surface area contributed by atoms with E-state index in [1.807, 2.05) is 24.3 Å². The lowest BCUT2D eigenvalue weighted by Crippen LogP contribution is -2.10. The molecule has 3 aromatic rings. The minimum Gasteiger partial charge on any atom is -0.508 e. The Morgan fingerprint density at radius 2 is 1.17 bits per heavy atom. The predicted octanol–water partition coefficient (Wildman–Crippen LogP) is 6.64. The second-order valence-corrected chi connectivity index (χ2v) is 8.46. The zero-order valence-electron chi connectivity index (χ0n) is 17.1. The van der Waals surface area contributed by atoms with Gasteiger partial charge in [0.25, 0.3) is 0 Å². The highest BCUT2D eigenvalue weighted by atomic mass is 31.2. The van der Waals surface area contributed by atoms with Crippen molar-refractivity contribution in [2.75, 3.05) is 0 Å². The van der Waals surface area contributed by atoms with E-state index in [9.17, 15) is 14.6 Å². The second-order valence-electron chi connectivity index (χ2n) is 7.15. The first-order chi connectivity index (χ1) is 14.4. The molecule has 0 saturated carbocycles. The van der Waals surface area contributed by atoms with Gasteiger partial charge in [-0.1, -0.05) is 56.3 Å². The molecule has 30 heavy (non-hydrogen) atoms. The highest BCUT2D eigenvalue weighted by Crippen LogP contribution is 2.45. The van der Waals surface area contributed by atoms with Crippen molar-refractivity contribution in [1.29, 1.82) is 0 Å². The van der Waals surface area contributed by atoms with Crippen molar-refractivity contribution in [2.24, 2.45) is 0 Å². The SMILES string of the molecule is CCC(c1ccc(O)cc1)C(CC)c1ccc(OP(=O)(O)Oc2ccccc2)cc1. The third-order valence-electron chi connectivity index (χ3n) is 5.18. The van der Waals surface area contributed by atoms with Gasteiger partial charge in [0.05, 0.1) is 0 Å². The van der Waals surface area contributed by atoms with Crippen LogP contribution in [0.5, 0.6) is 17.2 Å². The van der Waals surface area contributed by atoms with E-state index in [0.717, 1.165) is 18.4 Å². The molecule has 0 aliphatic rings. The van der Waals surface area contributed by atoms with Crippen LogP contribution in [0.4, 0.5) is 0 Å². The van der Waals surface area contributed by atoms with Crippen molar-refractivity contribution in [1.82, 2.24) is 0 Å². The summed E-state index contributed by atoms with van der Waals surface area (Å²) >= 11 is 0. The monoisotopic (exact) mass is 426 g/mol. The van der Waals surface area contributed by atoms with E-state index in [0.29, 0.717) is 5.92 Å². The standard InChI is InChI=1S/C24H27O5P/c1-3-23(18-10-14-20(25)15-11-18)24(4-2)19-12-16-22(17-13-19)29-30(26,27)28-21-8-6-5-7-9-21/h5-17,23-25H,3-4H2,1-2H3,(H,26,27). The lowest BCUT2D eigenvalue weighted by Gasteiger charge is -2.26. The average molecular weight is 426 g/mol. The minimum atomic E-state index is -4.28. The topological polar surface area (TPSA) is 76.0 Å². The van der Waals surface area contributed by atoms with Crippen LogP contribution in [0.25, 0.3) is 0 Å². The van der Waals surface area contributed by atoms with E-state index < -0.39 is 7.82 Å². The maximum Gasteiger partial charge on any atom is 0.584 e. The molecule has 0 aliphatic heterocycles. The van der Waals surface area contributed by atoms with E-state index >= 15 is 0 Å². The molecule has 0 radical (unpaired) electrons. The molecule has 3 unspecified atom stereocenters. The lowest BCUT2D eigenvalue weighted by atomic mass is 9.78. The summed E-state index contributed by atoms with van der Waals surface area (Å²) in [6, 6.07) is 23.0. The number of aromatic hydroxyl groups is 1. The zero-order chi connectivity index (χ0) is 21.6. The molecule has 0 bridgehead atoms. The first-order valence-corrected chi connectivity index (χ1v) is 11.6. The predicted molar refractivity (Wildman–Crippen MR) is 118 cm³/mol. The molecule has 2 N–H and O–H groups in total. The van der Waals surface area contributed by atoms with Gasteiger partial charge in [-0.2, -0.15) is 0 Å². The van der Waals surface area contributed by atoms with Gasteiger partial charge in [-0.3, -0.25) is 4.89 Å². The summed E-state index contributed by atoms with van der Waals surface area (Å²) in [5.74, 6) is 1.37. The van der Waals surface area contributed by atoms with Gasteiger partial charge in [0.15, 0.2) is 0 Å². The van der Waals surface area contributed by atoms with Crippen LogP contribution >= 0.6 is 7.82 Å². The van der Waals surface area contributed by atoms with Gasteiger partial charge < -0.3 is 14.2 Å². The highest BCUT2D eigenvalue weighted by molar-refractivity contribution is 7.48. The average Bonchev–Trinajstić information content (AvgIpc) is 2.74. The van der Waals surface area contributed by atoms with Crippen LogP contribution in [0.2, 0.25) is 0 Å². The summed E-state index contributed by atoms with van der Waals surface area (Å²) < 4.78 is 22.6. The summed E-state index contributed by atoms with van der Waals surface area (Å²) in [6.45, 7) is 4.30. The first-order valence-electron chi connectivity index (χ1n) is 10.1. The Bertz CT molecular complexity index is 971. The van der Waals surface area contributed by atoms with Crippen LogP contribution in [-0.4, -0.2) is 10.00 Å². The fraction of sp³-hybridized carbons (Fsp3) is 0.250. The molecule has 3 aromatic carbocycles. The number of benzene rings is 3. The molecule has 5 nitrogen and oxygen atoms in total. The fourth-order valence-electron chi connectivity index (χ4n) is 3.77. The smallest absolute Gasteiger partial charge is 0.508 e. The van der Waals surface area contributed by atoms with Gasteiger partial charge in [-0.15, -0.1) is 0 Å². The molecule has 0 saturated heterocycles.